The van der Waals surface area contributed by atoms with Gasteiger partial charge in [0, 0.05) is 29.3 Å². The number of benzene rings is 2. The Bertz CT molecular complexity index is 964. The number of nitrogens with one attached hydrogen (secondary N) is 1. The van der Waals surface area contributed by atoms with Crippen molar-refractivity contribution in [1.82, 2.24) is 4.57 Å². The molecule has 0 unspecified atom stereocenters. The maximum Gasteiger partial charge on any atom is 0.513 e. The molecule has 0 bridgehead atoms. The molecule has 0 aliphatic rings. The average molecular weight is 356 g/mol. The van der Waals surface area contributed by atoms with Gasteiger partial charge in [0.25, 0.3) is 5.91 Å². The molecule has 0 saturated heterocycles. The Balaban J connectivity index is 1.97. The second-order valence-electron chi connectivity index (χ2n) is 5.52. The van der Waals surface area contributed by atoms with Crippen LogP contribution in [0.4, 0.5) is 14.9 Å². The molecule has 0 atom stereocenters. The van der Waals surface area contributed by atoms with Crippen LogP contribution < -0.4 is 10.1 Å². The van der Waals surface area contributed by atoms with Crippen LogP contribution in [0.2, 0.25) is 0 Å². The number of hydrogen-bond acceptors (Lipinski definition) is 4. The van der Waals surface area contributed by atoms with E-state index >= 15 is 0 Å². The molecule has 7 heteroatoms. The van der Waals surface area contributed by atoms with Gasteiger partial charge in [0.2, 0.25) is 0 Å². The molecule has 26 heavy (non-hydrogen) atoms. The number of aromatic nitrogens is 1. The van der Waals surface area contributed by atoms with E-state index in [2.05, 4.69) is 10.1 Å². The lowest BCUT2D eigenvalue weighted by Gasteiger charge is -2.06. The van der Waals surface area contributed by atoms with Gasteiger partial charge in [-0.2, -0.15) is 0 Å². The molecule has 0 aliphatic carbocycles. The average Bonchev–Trinajstić information content (AvgIpc) is 3.01. The summed E-state index contributed by atoms with van der Waals surface area (Å²) >= 11 is 0. The minimum atomic E-state index is -0.836. The number of fused-ring (bicyclic) bond motifs is 1. The fourth-order valence-corrected chi connectivity index (χ4v) is 2.65. The summed E-state index contributed by atoms with van der Waals surface area (Å²) in [6, 6.07) is 10.5. The van der Waals surface area contributed by atoms with Crippen LogP contribution in [0.3, 0.4) is 0 Å². The smallest absolute Gasteiger partial charge is 0.437 e. The van der Waals surface area contributed by atoms with Crippen molar-refractivity contribution in [1.29, 1.82) is 0 Å². The lowest BCUT2D eigenvalue weighted by molar-refractivity contribution is 0.102. The summed E-state index contributed by atoms with van der Waals surface area (Å²) in [7, 11) is 1.22. The first kappa shape index (κ1) is 17.5. The van der Waals surface area contributed by atoms with Crippen molar-refractivity contribution in [2.24, 2.45) is 0 Å². The zero-order valence-electron chi connectivity index (χ0n) is 14.3. The lowest BCUT2D eigenvalue weighted by Crippen LogP contribution is -2.11. The van der Waals surface area contributed by atoms with Gasteiger partial charge in [-0.1, -0.05) is 0 Å². The zero-order chi connectivity index (χ0) is 18.7. The van der Waals surface area contributed by atoms with Gasteiger partial charge in [-0.05, 0) is 49.4 Å². The molecule has 3 aromatic rings. The number of ether oxygens (including phenoxy) is 2. The van der Waals surface area contributed by atoms with E-state index in [1.54, 1.807) is 24.4 Å². The number of halogens is 1. The van der Waals surface area contributed by atoms with E-state index in [-0.39, 0.29) is 17.5 Å². The Morgan fingerprint density at radius 3 is 2.54 bits per heavy atom. The zero-order valence-corrected chi connectivity index (χ0v) is 14.3. The van der Waals surface area contributed by atoms with Gasteiger partial charge in [0.1, 0.15) is 11.6 Å². The molecular formula is C19H17FN2O4. The molecule has 0 radical (unpaired) electrons. The van der Waals surface area contributed by atoms with Crippen molar-refractivity contribution >= 4 is 28.7 Å². The van der Waals surface area contributed by atoms with Crippen LogP contribution in [0.5, 0.6) is 5.75 Å². The fraction of sp³-hybridized carbons (Fsp3) is 0.158. The Morgan fingerprint density at radius 2 is 1.88 bits per heavy atom. The van der Waals surface area contributed by atoms with E-state index in [4.69, 9.17) is 4.74 Å². The molecule has 0 spiro atoms. The van der Waals surface area contributed by atoms with E-state index in [1.807, 2.05) is 11.5 Å². The largest absolute Gasteiger partial charge is 0.513 e. The third-order valence-electron chi connectivity index (χ3n) is 3.91. The van der Waals surface area contributed by atoms with E-state index < -0.39 is 6.16 Å². The highest BCUT2D eigenvalue weighted by Crippen LogP contribution is 2.27. The lowest BCUT2D eigenvalue weighted by atomic mass is 10.1. The van der Waals surface area contributed by atoms with Gasteiger partial charge in [0.15, 0.2) is 0 Å². The molecule has 6 nitrogen and oxygen atoms in total. The molecule has 3 rings (SSSR count). The predicted molar refractivity (Wildman–Crippen MR) is 95.0 cm³/mol. The monoisotopic (exact) mass is 356 g/mol. The highest BCUT2D eigenvalue weighted by molar-refractivity contribution is 6.13. The van der Waals surface area contributed by atoms with E-state index in [0.29, 0.717) is 23.2 Å². The molecule has 1 N–H and O–H groups in total. The van der Waals surface area contributed by atoms with Gasteiger partial charge < -0.3 is 19.4 Å². The molecule has 2 aromatic carbocycles. The third-order valence-corrected chi connectivity index (χ3v) is 3.91. The summed E-state index contributed by atoms with van der Waals surface area (Å²) in [6.45, 7) is 2.62. The van der Waals surface area contributed by atoms with Gasteiger partial charge in [-0.15, -0.1) is 0 Å². The predicted octanol–water partition coefficient (Wildman–Crippen LogP) is 4.20. The Labute approximate surface area is 149 Å². The molecule has 0 aliphatic heterocycles. The third kappa shape index (κ3) is 3.51. The van der Waals surface area contributed by atoms with Crippen LogP contribution in [0.1, 0.15) is 17.3 Å². The van der Waals surface area contributed by atoms with Crippen molar-refractivity contribution in [2.75, 3.05) is 12.4 Å². The Kier molecular flexibility index (Phi) is 4.88. The number of carbonyl (C=O) groups is 2. The normalized spacial score (nSPS) is 10.6. The van der Waals surface area contributed by atoms with Crippen molar-refractivity contribution < 1.29 is 23.5 Å². The number of amides is 1. The topological polar surface area (TPSA) is 69.6 Å². The number of carbonyl (C=O) groups excluding carboxylic acids is 2. The summed E-state index contributed by atoms with van der Waals surface area (Å²) in [6.07, 6.45) is 0.891. The van der Waals surface area contributed by atoms with Crippen molar-refractivity contribution in [3.05, 3.63) is 60.0 Å². The minimum absolute atomic E-state index is 0.272. The summed E-state index contributed by atoms with van der Waals surface area (Å²) in [4.78, 5) is 24.0. The highest BCUT2D eigenvalue weighted by Gasteiger charge is 2.16. The Hall–Kier alpha value is -3.35. The van der Waals surface area contributed by atoms with Crippen LogP contribution in [-0.2, 0) is 11.3 Å². The van der Waals surface area contributed by atoms with Crippen molar-refractivity contribution in [3.63, 3.8) is 0 Å². The van der Waals surface area contributed by atoms with Crippen LogP contribution in [0, 0.1) is 5.82 Å². The summed E-state index contributed by atoms with van der Waals surface area (Å²) in [5.41, 5.74) is 1.73. The minimum Gasteiger partial charge on any atom is -0.437 e. The van der Waals surface area contributed by atoms with Gasteiger partial charge >= 0.3 is 6.16 Å². The number of nitrogens with zero attached hydrogens (tertiary/aromatic N) is 1. The molecule has 134 valence electrons. The number of methoxy groups -OCH3 is 1. The van der Waals surface area contributed by atoms with Crippen LogP contribution in [-0.4, -0.2) is 23.7 Å². The SMILES string of the molecule is CCn1cc(C(=O)Nc2ccc(F)cc2)c2cc(OC(=O)OC)ccc21. The highest BCUT2D eigenvalue weighted by atomic mass is 19.1. The maximum absolute atomic E-state index is 13.0. The number of hydrogen-bond donors (Lipinski definition) is 1. The van der Waals surface area contributed by atoms with Gasteiger partial charge in [0.05, 0.1) is 12.7 Å². The summed E-state index contributed by atoms with van der Waals surface area (Å²) < 4.78 is 24.4. The first-order valence-electron chi connectivity index (χ1n) is 7.97. The first-order valence-corrected chi connectivity index (χ1v) is 7.97. The second-order valence-corrected chi connectivity index (χ2v) is 5.52. The van der Waals surface area contributed by atoms with Crippen molar-refractivity contribution in [3.8, 4) is 5.75 Å². The maximum atomic E-state index is 13.0. The summed E-state index contributed by atoms with van der Waals surface area (Å²) in [5.74, 6) is -0.451. The Morgan fingerprint density at radius 1 is 1.15 bits per heavy atom. The number of anilines is 1. The standard InChI is InChI=1S/C19H17FN2O4/c1-3-22-11-16(18(23)21-13-6-4-12(20)5-7-13)15-10-14(8-9-17(15)22)26-19(24)25-2/h4-11H,3H2,1-2H3,(H,21,23). The van der Waals surface area contributed by atoms with Crippen LogP contribution in [0.15, 0.2) is 48.7 Å². The first-order chi connectivity index (χ1) is 12.5. The van der Waals surface area contributed by atoms with E-state index in [0.717, 1.165) is 5.52 Å². The van der Waals surface area contributed by atoms with Crippen LogP contribution in [0.25, 0.3) is 10.9 Å². The fourth-order valence-electron chi connectivity index (χ4n) is 2.65. The van der Waals surface area contributed by atoms with E-state index in [1.165, 1.54) is 31.4 Å². The van der Waals surface area contributed by atoms with Crippen LogP contribution >= 0.6 is 0 Å². The number of rotatable bonds is 4. The number of aryl methyl sites for hydroxylation is 1. The van der Waals surface area contributed by atoms with Gasteiger partial charge in [-0.25, -0.2) is 9.18 Å². The van der Waals surface area contributed by atoms with Crippen molar-refractivity contribution in [2.45, 2.75) is 13.5 Å². The molecule has 0 saturated carbocycles. The van der Waals surface area contributed by atoms with E-state index in [9.17, 15) is 14.0 Å². The molecule has 1 amide bonds. The molecule has 0 fully saturated rings. The molecule has 1 aromatic heterocycles. The summed E-state index contributed by atoms with van der Waals surface area (Å²) in [5, 5.41) is 3.37. The van der Waals surface area contributed by atoms with Gasteiger partial charge in [-0.3, -0.25) is 4.79 Å². The molecule has 1 heterocycles. The second kappa shape index (κ2) is 7.26. The molecular weight excluding hydrogens is 339 g/mol. The quantitative estimate of drug-likeness (QED) is 0.562.